The van der Waals surface area contributed by atoms with Crippen molar-refractivity contribution in [2.45, 2.75) is 0 Å². The Morgan fingerprint density at radius 1 is 0.903 bits per heavy atom. The number of benzene rings is 3. The zero-order valence-electron chi connectivity index (χ0n) is 16.1. The summed E-state index contributed by atoms with van der Waals surface area (Å²) >= 11 is 0. The number of para-hydroxylation sites is 1. The summed E-state index contributed by atoms with van der Waals surface area (Å²) in [7, 11) is 0. The number of carbonyl (C=O) groups is 2. The van der Waals surface area contributed by atoms with Crippen molar-refractivity contribution in [2.24, 2.45) is 0 Å². The molecule has 0 aliphatic rings. The van der Waals surface area contributed by atoms with Crippen molar-refractivity contribution in [1.29, 1.82) is 0 Å². The van der Waals surface area contributed by atoms with Gasteiger partial charge in [-0.05, 0) is 24.3 Å². The Hall–Kier alpha value is -4.13. The summed E-state index contributed by atoms with van der Waals surface area (Å²) in [6.45, 7) is -0.661. The summed E-state index contributed by atoms with van der Waals surface area (Å²) in [5, 5.41) is 2.76. The highest BCUT2D eigenvalue weighted by molar-refractivity contribution is 6.05. The van der Waals surface area contributed by atoms with Crippen LogP contribution in [0.3, 0.4) is 0 Å². The summed E-state index contributed by atoms with van der Waals surface area (Å²) in [5.74, 6) is -3.02. The Bertz CT molecular complexity index is 1280. The van der Waals surface area contributed by atoms with E-state index >= 15 is 0 Å². The topological polar surface area (TPSA) is 68.3 Å². The summed E-state index contributed by atoms with van der Waals surface area (Å²) < 4.78 is 32.1. The molecule has 0 unspecified atom stereocenters. The van der Waals surface area contributed by atoms with Crippen molar-refractivity contribution < 1.29 is 23.1 Å². The molecule has 0 radical (unpaired) electrons. The molecule has 1 aromatic heterocycles. The Labute approximate surface area is 176 Å². The SMILES string of the molecule is O=C(COC(=O)c1cc(-c2ccccc2)nc2ccccc12)Nc1cc(F)ccc1F. The van der Waals surface area contributed by atoms with Gasteiger partial charge in [0.1, 0.15) is 11.6 Å². The van der Waals surface area contributed by atoms with E-state index in [9.17, 15) is 18.4 Å². The monoisotopic (exact) mass is 418 g/mol. The number of esters is 1. The Balaban J connectivity index is 1.56. The maximum Gasteiger partial charge on any atom is 0.339 e. The maximum atomic E-state index is 13.7. The van der Waals surface area contributed by atoms with Gasteiger partial charge in [0.2, 0.25) is 0 Å². The largest absolute Gasteiger partial charge is 0.452 e. The van der Waals surface area contributed by atoms with Gasteiger partial charge < -0.3 is 10.1 Å². The molecule has 0 fully saturated rings. The number of carbonyl (C=O) groups excluding carboxylic acids is 2. The molecule has 1 heterocycles. The van der Waals surface area contributed by atoms with Crippen molar-refractivity contribution in [3.8, 4) is 11.3 Å². The van der Waals surface area contributed by atoms with E-state index in [1.807, 2.05) is 30.3 Å². The highest BCUT2D eigenvalue weighted by Crippen LogP contribution is 2.25. The van der Waals surface area contributed by atoms with Crippen LogP contribution in [-0.2, 0) is 9.53 Å². The summed E-state index contributed by atoms with van der Waals surface area (Å²) in [6.07, 6.45) is 0. The van der Waals surface area contributed by atoms with Gasteiger partial charge in [-0.1, -0.05) is 48.5 Å². The molecule has 4 aromatic rings. The fourth-order valence-corrected chi connectivity index (χ4v) is 3.09. The first-order valence-corrected chi connectivity index (χ1v) is 9.38. The molecule has 154 valence electrons. The van der Waals surface area contributed by atoms with Gasteiger partial charge >= 0.3 is 5.97 Å². The first kappa shape index (κ1) is 20.2. The highest BCUT2D eigenvalue weighted by Gasteiger charge is 2.17. The highest BCUT2D eigenvalue weighted by atomic mass is 19.1. The molecule has 7 heteroatoms. The number of ether oxygens (including phenoxy) is 1. The van der Waals surface area contributed by atoms with Crippen molar-refractivity contribution in [2.75, 3.05) is 11.9 Å². The van der Waals surface area contributed by atoms with Gasteiger partial charge in [0.15, 0.2) is 6.61 Å². The van der Waals surface area contributed by atoms with Gasteiger partial charge in [-0.3, -0.25) is 4.79 Å². The van der Waals surface area contributed by atoms with E-state index in [-0.39, 0.29) is 11.3 Å². The number of aromatic nitrogens is 1. The van der Waals surface area contributed by atoms with Crippen LogP contribution >= 0.6 is 0 Å². The van der Waals surface area contributed by atoms with E-state index in [4.69, 9.17) is 4.74 Å². The zero-order valence-corrected chi connectivity index (χ0v) is 16.1. The lowest BCUT2D eigenvalue weighted by molar-refractivity contribution is -0.119. The summed E-state index contributed by atoms with van der Waals surface area (Å²) in [6, 6.07) is 20.7. The van der Waals surface area contributed by atoms with Crippen LogP contribution in [0, 0.1) is 11.6 Å². The third kappa shape index (κ3) is 4.56. The van der Waals surface area contributed by atoms with Crippen LogP contribution in [0.5, 0.6) is 0 Å². The molecular formula is C24H16F2N2O3. The molecule has 0 saturated heterocycles. The summed E-state index contributed by atoms with van der Waals surface area (Å²) in [4.78, 5) is 29.4. The molecule has 1 N–H and O–H groups in total. The number of amides is 1. The van der Waals surface area contributed by atoms with Gasteiger partial charge in [-0.25, -0.2) is 18.6 Å². The average Bonchev–Trinajstić information content (AvgIpc) is 2.79. The van der Waals surface area contributed by atoms with Crippen molar-refractivity contribution in [1.82, 2.24) is 4.98 Å². The minimum Gasteiger partial charge on any atom is -0.452 e. The van der Waals surface area contributed by atoms with Crippen LogP contribution in [0.25, 0.3) is 22.2 Å². The molecule has 3 aromatic carbocycles. The van der Waals surface area contributed by atoms with Gasteiger partial charge in [0, 0.05) is 17.0 Å². The molecule has 0 aliphatic carbocycles. The minimum absolute atomic E-state index is 0.245. The maximum absolute atomic E-state index is 13.7. The molecule has 0 saturated carbocycles. The van der Waals surface area contributed by atoms with E-state index in [0.717, 1.165) is 23.8 Å². The Kier molecular flexibility index (Phi) is 5.66. The third-order valence-electron chi connectivity index (χ3n) is 4.54. The van der Waals surface area contributed by atoms with Gasteiger partial charge in [0.05, 0.1) is 22.5 Å². The second kappa shape index (κ2) is 8.71. The fourth-order valence-electron chi connectivity index (χ4n) is 3.09. The molecule has 1 amide bonds. The Morgan fingerprint density at radius 3 is 2.45 bits per heavy atom. The predicted molar refractivity (Wildman–Crippen MR) is 112 cm³/mol. The van der Waals surface area contributed by atoms with E-state index in [2.05, 4.69) is 10.3 Å². The molecule has 0 aliphatic heterocycles. The van der Waals surface area contributed by atoms with Crippen LogP contribution in [0.1, 0.15) is 10.4 Å². The fraction of sp³-hybridized carbons (Fsp3) is 0.0417. The van der Waals surface area contributed by atoms with Gasteiger partial charge in [-0.2, -0.15) is 0 Å². The van der Waals surface area contributed by atoms with Crippen molar-refractivity contribution in [3.05, 3.63) is 96.1 Å². The predicted octanol–water partition coefficient (Wildman–Crippen LogP) is 4.98. The first-order valence-electron chi connectivity index (χ1n) is 9.38. The second-order valence-electron chi connectivity index (χ2n) is 6.69. The van der Waals surface area contributed by atoms with Crippen molar-refractivity contribution >= 4 is 28.5 Å². The lowest BCUT2D eigenvalue weighted by Crippen LogP contribution is -2.21. The molecule has 0 bridgehead atoms. The number of rotatable bonds is 5. The summed E-state index contributed by atoms with van der Waals surface area (Å²) in [5.41, 5.74) is 1.91. The van der Waals surface area contributed by atoms with E-state index in [0.29, 0.717) is 16.6 Å². The number of halogens is 2. The standard InChI is InChI=1S/C24H16F2N2O3/c25-16-10-11-19(26)22(12-16)28-23(29)14-31-24(30)18-13-21(15-6-2-1-3-7-15)27-20-9-5-4-8-17(18)20/h1-13H,14H2,(H,28,29). The van der Waals surface area contributed by atoms with Crippen molar-refractivity contribution in [3.63, 3.8) is 0 Å². The molecule has 0 atom stereocenters. The first-order chi connectivity index (χ1) is 15.0. The zero-order chi connectivity index (χ0) is 21.8. The van der Waals surface area contributed by atoms with Gasteiger partial charge in [-0.15, -0.1) is 0 Å². The van der Waals surface area contributed by atoms with Crippen LogP contribution < -0.4 is 5.32 Å². The van der Waals surface area contributed by atoms with E-state index < -0.39 is 30.1 Å². The number of hydrogen-bond acceptors (Lipinski definition) is 4. The third-order valence-corrected chi connectivity index (χ3v) is 4.54. The number of nitrogens with one attached hydrogen (secondary N) is 1. The van der Waals surface area contributed by atoms with E-state index in [1.165, 1.54) is 0 Å². The van der Waals surface area contributed by atoms with E-state index in [1.54, 1.807) is 30.3 Å². The lowest BCUT2D eigenvalue weighted by atomic mass is 10.0. The van der Waals surface area contributed by atoms with Crippen LogP contribution in [0.15, 0.2) is 78.9 Å². The quantitative estimate of drug-likeness (QED) is 0.465. The van der Waals surface area contributed by atoms with Gasteiger partial charge in [0.25, 0.3) is 5.91 Å². The minimum atomic E-state index is -0.797. The van der Waals surface area contributed by atoms with Crippen LogP contribution in [0.2, 0.25) is 0 Å². The smallest absolute Gasteiger partial charge is 0.339 e. The normalized spacial score (nSPS) is 10.6. The lowest BCUT2D eigenvalue weighted by Gasteiger charge is -2.11. The van der Waals surface area contributed by atoms with Crippen LogP contribution in [0.4, 0.5) is 14.5 Å². The number of nitrogens with zero attached hydrogens (tertiary/aromatic N) is 1. The molecule has 4 rings (SSSR count). The Morgan fingerprint density at radius 2 is 1.65 bits per heavy atom. The molecule has 5 nitrogen and oxygen atoms in total. The molecule has 31 heavy (non-hydrogen) atoms. The molecular weight excluding hydrogens is 402 g/mol. The molecule has 0 spiro atoms. The number of fused-ring (bicyclic) bond motifs is 1. The number of hydrogen-bond donors (Lipinski definition) is 1. The second-order valence-corrected chi connectivity index (χ2v) is 6.69. The number of anilines is 1. The average molecular weight is 418 g/mol. The number of pyridine rings is 1. The van der Waals surface area contributed by atoms with Crippen LogP contribution in [-0.4, -0.2) is 23.5 Å².